The summed E-state index contributed by atoms with van der Waals surface area (Å²) in [5.74, 6) is -0.886. The lowest BCUT2D eigenvalue weighted by Crippen LogP contribution is -2.34. The van der Waals surface area contributed by atoms with Crippen LogP contribution in [0.2, 0.25) is 0 Å². The summed E-state index contributed by atoms with van der Waals surface area (Å²) < 4.78 is 26.2. The van der Waals surface area contributed by atoms with Gasteiger partial charge in [0.2, 0.25) is 10.0 Å². The maximum absolute atomic E-state index is 12.3. The minimum Gasteiger partial charge on any atom is -0.478 e. The Morgan fingerprint density at radius 3 is 2.18 bits per heavy atom. The molecule has 7 heteroatoms. The fraction of sp³-hybridized carbons (Fsp3) is 0.667. The van der Waals surface area contributed by atoms with Crippen LogP contribution >= 0.6 is 0 Å². The molecule has 28 heavy (non-hydrogen) atoms. The zero-order chi connectivity index (χ0) is 21.0. The molecule has 0 aliphatic carbocycles. The molecule has 0 saturated carbocycles. The van der Waals surface area contributed by atoms with Gasteiger partial charge in [-0.2, -0.15) is 0 Å². The van der Waals surface area contributed by atoms with Gasteiger partial charge < -0.3 is 10.2 Å². The Labute approximate surface area is 169 Å². The summed E-state index contributed by atoms with van der Waals surface area (Å²) in [7, 11) is -3.28. The highest BCUT2D eigenvalue weighted by atomic mass is 32.2. The van der Waals surface area contributed by atoms with Gasteiger partial charge in [-0.15, -0.1) is 0 Å². The molecule has 0 aromatic heterocycles. The van der Waals surface area contributed by atoms with Crippen LogP contribution < -0.4 is 0 Å². The van der Waals surface area contributed by atoms with Crippen LogP contribution in [0.15, 0.2) is 24.3 Å². The van der Waals surface area contributed by atoms with Crippen LogP contribution in [-0.4, -0.2) is 53.9 Å². The topological polar surface area (TPSA) is 94.9 Å². The highest BCUT2D eigenvalue weighted by molar-refractivity contribution is 7.89. The number of nitrogens with zero attached hydrogens (tertiary/aromatic N) is 1. The van der Waals surface area contributed by atoms with Crippen molar-refractivity contribution in [3.8, 4) is 0 Å². The number of aromatic carboxylic acids is 1. The molecule has 1 aromatic carbocycles. The predicted molar refractivity (Wildman–Crippen MR) is 112 cm³/mol. The summed E-state index contributed by atoms with van der Waals surface area (Å²) in [5, 5.41) is 19.0. The van der Waals surface area contributed by atoms with E-state index in [9.17, 15) is 18.3 Å². The van der Waals surface area contributed by atoms with Gasteiger partial charge in [0.25, 0.3) is 0 Å². The molecule has 0 radical (unpaired) electrons. The average molecular weight is 414 g/mol. The maximum Gasteiger partial charge on any atom is 0.335 e. The molecule has 0 saturated heterocycles. The first-order valence-corrected chi connectivity index (χ1v) is 11.9. The number of aliphatic hydroxyl groups is 1. The third kappa shape index (κ3) is 9.17. The number of rotatable bonds is 15. The van der Waals surface area contributed by atoms with Crippen molar-refractivity contribution in [2.24, 2.45) is 0 Å². The SMILES string of the molecule is CCCCCC(O)CCCN(CCCc1ccc(C(=O)O)cc1)S(=O)(=O)CC. The van der Waals surface area contributed by atoms with Gasteiger partial charge in [0.15, 0.2) is 0 Å². The third-order valence-corrected chi connectivity index (χ3v) is 6.80. The number of carboxylic acids is 1. The van der Waals surface area contributed by atoms with Crippen molar-refractivity contribution in [3.05, 3.63) is 35.4 Å². The molecule has 160 valence electrons. The van der Waals surface area contributed by atoms with Gasteiger partial charge in [-0.05, 0) is 56.7 Å². The Morgan fingerprint density at radius 2 is 1.61 bits per heavy atom. The van der Waals surface area contributed by atoms with Crippen molar-refractivity contribution in [3.63, 3.8) is 0 Å². The number of aliphatic hydroxyl groups excluding tert-OH is 1. The van der Waals surface area contributed by atoms with Crippen LogP contribution in [0.1, 0.15) is 74.7 Å². The zero-order valence-electron chi connectivity index (χ0n) is 17.1. The summed E-state index contributed by atoms with van der Waals surface area (Å²) in [6.45, 7) is 4.63. The molecule has 1 unspecified atom stereocenters. The lowest BCUT2D eigenvalue weighted by molar-refractivity contribution is 0.0697. The molecule has 0 spiro atoms. The van der Waals surface area contributed by atoms with E-state index in [1.807, 2.05) is 0 Å². The van der Waals surface area contributed by atoms with Gasteiger partial charge >= 0.3 is 5.97 Å². The Bertz CT molecular complexity index is 673. The maximum atomic E-state index is 12.3. The van der Waals surface area contributed by atoms with Crippen LogP contribution in [0.3, 0.4) is 0 Å². The monoisotopic (exact) mass is 413 g/mol. The molecule has 1 aromatic rings. The van der Waals surface area contributed by atoms with Crippen LogP contribution in [0, 0.1) is 0 Å². The van der Waals surface area contributed by atoms with E-state index in [0.29, 0.717) is 38.8 Å². The van der Waals surface area contributed by atoms with E-state index in [4.69, 9.17) is 5.11 Å². The minimum absolute atomic E-state index is 0.0688. The van der Waals surface area contributed by atoms with E-state index >= 15 is 0 Å². The first kappa shape index (κ1) is 24.6. The summed E-state index contributed by atoms with van der Waals surface area (Å²) in [6.07, 6.45) is 6.30. The second-order valence-corrected chi connectivity index (χ2v) is 9.45. The summed E-state index contributed by atoms with van der Waals surface area (Å²) in [6, 6.07) is 6.68. The second-order valence-electron chi connectivity index (χ2n) is 7.20. The van der Waals surface area contributed by atoms with Crippen LogP contribution in [-0.2, 0) is 16.4 Å². The molecular formula is C21H35NO5S. The van der Waals surface area contributed by atoms with E-state index in [2.05, 4.69) is 6.92 Å². The molecule has 0 aliphatic heterocycles. The van der Waals surface area contributed by atoms with Gasteiger partial charge in [-0.3, -0.25) is 0 Å². The zero-order valence-corrected chi connectivity index (χ0v) is 18.0. The van der Waals surface area contributed by atoms with Gasteiger partial charge in [0.1, 0.15) is 0 Å². The van der Waals surface area contributed by atoms with Crippen LogP contribution in [0.25, 0.3) is 0 Å². The van der Waals surface area contributed by atoms with E-state index in [1.165, 1.54) is 4.31 Å². The number of unbranched alkanes of at least 4 members (excludes halogenated alkanes) is 2. The van der Waals surface area contributed by atoms with E-state index in [-0.39, 0.29) is 17.4 Å². The van der Waals surface area contributed by atoms with E-state index < -0.39 is 16.0 Å². The Balaban J connectivity index is 2.48. The number of aryl methyl sites for hydroxylation is 1. The summed E-state index contributed by atoms with van der Waals surface area (Å²) in [5.41, 5.74) is 1.24. The fourth-order valence-electron chi connectivity index (χ4n) is 3.12. The van der Waals surface area contributed by atoms with Crippen LogP contribution in [0.5, 0.6) is 0 Å². The molecule has 1 atom stereocenters. The number of sulfonamides is 1. The molecule has 0 bridgehead atoms. The second kappa shape index (κ2) is 12.9. The lowest BCUT2D eigenvalue weighted by Gasteiger charge is -2.22. The summed E-state index contributed by atoms with van der Waals surface area (Å²) in [4.78, 5) is 10.9. The fourth-order valence-corrected chi connectivity index (χ4v) is 4.30. The van der Waals surface area contributed by atoms with Crippen molar-refractivity contribution in [1.82, 2.24) is 4.31 Å². The number of hydrogen-bond acceptors (Lipinski definition) is 4. The smallest absolute Gasteiger partial charge is 0.335 e. The Hall–Kier alpha value is -1.44. The molecular weight excluding hydrogens is 378 g/mol. The van der Waals surface area contributed by atoms with E-state index in [1.54, 1.807) is 31.2 Å². The van der Waals surface area contributed by atoms with Crippen molar-refractivity contribution in [2.45, 2.75) is 71.3 Å². The van der Waals surface area contributed by atoms with Crippen LogP contribution in [0.4, 0.5) is 0 Å². The van der Waals surface area contributed by atoms with Crippen molar-refractivity contribution < 1.29 is 23.4 Å². The number of hydrogen-bond donors (Lipinski definition) is 2. The van der Waals surface area contributed by atoms with Gasteiger partial charge in [-0.25, -0.2) is 17.5 Å². The summed E-state index contributed by atoms with van der Waals surface area (Å²) >= 11 is 0. The minimum atomic E-state index is -3.28. The van der Waals surface area contributed by atoms with Gasteiger partial charge in [-0.1, -0.05) is 38.3 Å². The third-order valence-electron chi connectivity index (χ3n) is 4.92. The number of carboxylic acid groups (broad SMARTS) is 1. The number of benzene rings is 1. The normalized spacial score (nSPS) is 13.0. The highest BCUT2D eigenvalue weighted by Crippen LogP contribution is 2.13. The van der Waals surface area contributed by atoms with Gasteiger partial charge in [0.05, 0.1) is 17.4 Å². The predicted octanol–water partition coefficient (Wildman–Crippen LogP) is 3.69. The molecule has 0 amide bonds. The largest absolute Gasteiger partial charge is 0.478 e. The first-order valence-electron chi connectivity index (χ1n) is 10.3. The first-order chi connectivity index (χ1) is 13.3. The standard InChI is InChI=1S/C21H35NO5S/c1-3-5-6-10-20(23)11-8-17-22(28(26,27)4-2)16-7-9-18-12-14-19(15-13-18)21(24)25/h12-15,20,23H,3-11,16-17H2,1-2H3,(H,24,25). The van der Waals surface area contributed by atoms with Crippen molar-refractivity contribution in [1.29, 1.82) is 0 Å². The average Bonchev–Trinajstić information content (AvgIpc) is 2.67. The molecule has 0 aliphatic rings. The quantitative estimate of drug-likeness (QED) is 0.428. The Morgan fingerprint density at radius 1 is 1.00 bits per heavy atom. The van der Waals surface area contributed by atoms with Crippen molar-refractivity contribution >= 4 is 16.0 Å². The number of carbonyl (C=O) groups is 1. The van der Waals surface area contributed by atoms with Gasteiger partial charge in [0, 0.05) is 13.1 Å². The highest BCUT2D eigenvalue weighted by Gasteiger charge is 2.19. The molecule has 2 N–H and O–H groups in total. The molecule has 0 heterocycles. The molecule has 1 rings (SSSR count). The van der Waals surface area contributed by atoms with E-state index in [0.717, 1.165) is 31.2 Å². The molecule has 0 fully saturated rings. The van der Waals surface area contributed by atoms with Crippen molar-refractivity contribution in [2.75, 3.05) is 18.8 Å². The Kier molecular flexibility index (Phi) is 11.3. The lowest BCUT2D eigenvalue weighted by atomic mass is 10.1. The molecule has 6 nitrogen and oxygen atoms in total.